The maximum absolute atomic E-state index is 5.96. The van der Waals surface area contributed by atoms with Gasteiger partial charge in [0.05, 0.1) is 25.5 Å². The molecule has 0 N–H and O–H groups in total. The van der Waals surface area contributed by atoms with Crippen LogP contribution >= 0.6 is 0 Å². The molecule has 84 valence electrons. The van der Waals surface area contributed by atoms with E-state index < -0.39 is 0 Å². The lowest BCUT2D eigenvalue weighted by Crippen LogP contribution is -2.52. The third-order valence-electron chi connectivity index (χ3n) is 3.17. The van der Waals surface area contributed by atoms with Crippen molar-refractivity contribution < 1.29 is 18.9 Å². The van der Waals surface area contributed by atoms with Crippen LogP contribution in [0.4, 0.5) is 0 Å². The van der Waals surface area contributed by atoms with Gasteiger partial charge in [-0.15, -0.1) is 0 Å². The Morgan fingerprint density at radius 1 is 1.67 bits per heavy atom. The standard InChI is InChI=1S/C10H17BO4/c1-3-13-8-7-9(11)15-10(8,6-12-2)4-5-14-7/h3,7-9H,1,4-6,11H2,2H3. The second kappa shape index (κ2) is 4.16. The minimum absolute atomic E-state index is 0.00750. The molecule has 0 radical (unpaired) electrons. The molecule has 0 aromatic carbocycles. The largest absolute Gasteiger partial charge is 0.493 e. The quantitative estimate of drug-likeness (QED) is 0.472. The predicted octanol–water partition coefficient (Wildman–Crippen LogP) is -0.321. The summed E-state index contributed by atoms with van der Waals surface area (Å²) in [6.45, 7) is 4.83. The van der Waals surface area contributed by atoms with Crippen LogP contribution in [0.3, 0.4) is 0 Å². The van der Waals surface area contributed by atoms with Crippen molar-refractivity contribution in [3.63, 3.8) is 0 Å². The van der Waals surface area contributed by atoms with E-state index in [0.717, 1.165) is 6.42 Å². The molecule has 2 fully saturated rings. The molecular weight excluding hydrogens is 195 g/mol. The van der Waals surface area contributed by atoms with Crippen LogP contribution in [0.1, 0.15) is 6.42 Å². The molecule has 0 spiro atoms. The highest BCUT2D eigenvalue weighted by molar-refractivity contribution is 6.11. The van der Waals surface area contributed by atoms with Crippen molar-refractivity contribution in [3.05, 3.63) is 12.8 Å². The summed E-state index contributed by atoms with van der Waals surface area (Å²) in [4.78, 5) is 0. The van der Waals surface area contributed by atoms with Crippen LogP contribution in [0.5, 0.6) is 0 Å². The lowest BCUT2D eigenvalue weighted by molar-refractivity contribution is -0.146. The van der Waals surface area contributed by atoms with E-state index >= 15 is 0 Å². The molecular formula is C10H17BO4. The van der Waals surface area contributed by atoms with Gasteiger partial charge in [-0.05, 0) is 0 Å². The second-order valence-electron chi connectivity index (χ2n) is 4.13. The second-order valence-corrected chi connectivity index (χ2v) is 4.13. The predicted molar refractivity (Wildman–Crippen MR) is 57.5 cm³/mol. The molecule has 0 aliphatic carbocycles. The Morgan fingerprint density at radius 3 is 3.13 bits per heavy atom. The molecule has 4 unspecified atom stereocenters. The van der Waals surface area contributed by atoms with Crippen molar-refractivity contribution in [2.75, 3.05) is 20.3 Å². The monoisotopic (exact) mass is 212 g/mol. The third kappa shape index (κ3) is 1.69. The van der Waals surface area contributed by atoms with Gasteiger partial charge in [-0.3, -0.25) is 0 Å². The lowest BCUT2D eigenvalue weighted by atomic mass is 9.86. The Bertz CT molecular complexity index is 244. The van der Waals surface area contributed by atoms with Gasteiger partial charge in [0.1, 0.15) is 19.6 Å². The Morgan fingerprint density at radius 2 is 2.47 bits per heavy atom. The van der Waals surface area contributed by atoms with Crippen LogP contribution in [-0.2, 0) is 18.9 Å². The zero-order chi connectivity index (χ0) is 10.9. The highest BCUT2D eigenvalue weighted by Gasteiger charge is 2.58. The van der Waals surface area contributed by atoms with E-state index in [0.29, 0.717) is 13.2 Å². The van der Waals surface area contributed by atoms with E-state index in [2.05, 4.69) is 6.58 Å². The van der Waals surface area contributed by atoms with Crippen molar-refractivity contribution >= 4 is 7.85 Å². The molecule has 2 heterocycles. The molecule has 15 heavy (non-hydrogen) atoms. The number of hydrogen-bond donors (Lipinski definition) is 0. The van der Waals surface area contributed by atoms with Crippen LogP contribution in [0, 0.1) is 0 Å². The summed E-state index contributed by atoms with van der Waals surface area (Å²) in [7, 11) is 3.68. The van der Waals surface area contributed by atoms with Crippen molar-refractivity contribution in [2.24, 2.45) is 0 Å². The average molecular weight is 212 g/mol. The Labute approximate surface area is 90.9 Å². The lowest BCUT2D eigenvalue weighted by Gasteiger charge is -2.37. The van der Waals surface area contributed by atoms with Crippen molar-refractivity contribution in [2.45, 2.75) is 30.2 Å². The molecule has 0 aromatic heterocycles. The van der Waals surface area contributed by atoms with E-state index in [1.54, 1.807) is 7.11 Å². The van der Waals surface area contributed by atoms with Gasteiger partial charge in [0.15, 0.2) is 6.10 Å². The Balaban J connectivity index is 2.21. The van der Waals surface area contributed by atoms with Gasteiger partial charge in [0.2, 0.25) is 0 Å². The summed E-state index contributed by atoms with van der Waals surface area (Å²) >= 11 is 0. The Kier molecular flexibility index (Phi) is 3.04. The molecule has 0 aromatic rings. The van der Waals surface area contributed by atoms with E-state index in [1.165, 1.54) is 6.26 Å². The smallest absolute Gasteiger partial charge is 0.157 e. The number of ether oxygens (including phenoxy) is 4. The molecule has 0 saturated carbocycles. The van der Waals surface area contributed by atoms with Gasteiger partial charge < -0.3 is 18.9 Å². The summed E-state index contributed by atoms with van der Waals surface area (Å²) in [5.41, 5.74) is -0.356. The van der Waals surface area contributed by atoms with Crippen LogP contribution in [0.25, 0.3) is 0 Å². The summed E-state index contributed by atoms with van der Waals surface area (Å²) in [6, 6.07) is 0.0487. The minimum Gasteiger partial charge on any atom is -0.493 e. The van der Waals surface area contributed by atoms with E-state index in [9.17, 15) is 0 Å². The molecule has 0 amide bonds. The van der Waals surface area contributed by atoms with Gasteiger partial charge in [0.25, 0.3) is 0 Å². The van der Waals surface area contributed by atoms with E-state index in [4.69, 9.17) is 18.9 Å². The summed E-state index contributed by atoms with van der Waals surface area (Å²) in [5, 5.41) is 0. The van der Waals surface area contributed by atoms with Crippen LogP contribution in [0.2, 0.25) is 0 Å². The number of hydrogen-bond acceptors (Lipinski definition) is 4. The first kappa shape index (κ1) is 11.0. The highest BCUT2D eigenvalue weighted by atomic mass is 16.6. The van der Waals surface area contributed by atoms with Crippen molar-refractivity contribution in [1.29, 1.82) is 0 Å². The topological polar surface area (TPSA) is 36.9 Å². The molecule has 2 saturated heterocycles. The summed E-state index contributed by atoms with van der Waals surface area (Å²) in [6.07, 6.45) is 2.16. The molecule has 2 bridgehead atoms. The SMILES string of the molecule is BC1OC2(COC)CCOC1C2OC=C. The van der Waals surface area contributed by atoms with Crippen LogP contribution in [0.15, 0.2) is 12.8 Å². The van der Waals surface area contributed by atoms with Crippen LogP contribution < -0.4 is 0 Å². The summed E-state index contributed by atoms with van der Waals surface area (Å²) in [5.74, 6) is 0. The van der Waals surface area contributed by atoms with Gasteiger partial charge in [-0.1, -0.05) is 6.58 Å². The van der Waals surface area contributed by atoms with Crippen molar-refractivity contribution in [3.8, 4) is 0 Å². The van der Waals surface area contributed by atoms with Crippen LogP contribution in [-0.4, -0.2) is 52.0 Å². The molecule has 5 heteroatoms. The van der Waals surface area contributed by atoms with Gasteiger partial charge in [0, 0.05) is 13.5 Å². The van der Waals surface area contributed by atoms with Crippen molar-refractivity contribution in [1.82, 2.24) is 0 Å². The first-order valence-corrected chi connectivity index (χ1v) is 5.28. The maximum atomic E-state index is 5.96. The number of rotatable bonds is 4. The Hall–Kier alpha value is -0.515. The molecule has 2 rings (SSSR count). The molecule has 4 nitrogen and oxygen atoms in total. The zero-order valence-corrected chi connectivity index (χ0v) is 9.27. The fraction of sp³-hybridized carbons (Fsp3) is 0.800. The fourth-order valence-corrected chi connectivity index (χ4v) is 2.58. The van der Waals surface area contributed by atoms with E-state index in [1.807, 2.05) is 7.85 Å². The average Bonchev–Trinajstić information content (AvgIpc) is 2.36. The third-order valence-corrected chi connectivity index (χ3v) is 3.17. The van der Waals surface area contributed by atoms with Gasteiger partial charge in [-0.2, -0.15) is 0 Å². The molecule has 4 atom stereocenters. The van der Waals surface area contributed by atoms with Gasteiger partial charge in [-0.25, -0.2) is 0 Å². The molecule has 2 aliphatic rings. The highest BCUT2D eigenvalue weighted by Crippen LogP contribution is 2.40. The molecule has 2 aliphatic heterocycles. The maximum Gasteiger partial charge on any atom is 0.157 e. The van der Waals surface area contributed by atoms with Gasteiger partial charge >= 0.3 is 0 Å². The minimum atomic E-state index is -0.356. The number of methoxy groups -OCH3 is 1. The first-order valence-electron chi connectivity index (χ1n) is 5.28. The first-order chi connectivity index (χ1) is 7.23. The zero-order valence-electron chi connectivity index (χ0n) is 9.27. The van der Waals surface area contributed by atoms with E-state index in [-0.39, 0.29) is 23.8 Å². The fourth-order valence-electron chi connectivity index (χ4n) is 2.58. The normalized spacial score (nSPS) is 43.9. The number of fused-ring (bicyclic) bond motifs is 2. The summed E-state index contributed by atoms with van der Waals surface area (Å²) < 4.78 is 22.4.